The van der Waals surface area contributed by atoms with E-state index in [9.17, 15) is 19.2 Å². The first-order chi connectivity index (χ1) is 39.9. The molecule has 0 saturated heterocycles. The minimum absolute atomic E-state index is 0.174. The fourth-order valence-corrected chi connectivity index (χ4v) is 12.0. The van der Waals surface area contributed by atoms with Gasteiger partial charge in [0, 0.05) is 16.5 Å². The van der Waals surface area contributed by atoms with Crippen LogP contribution in [0.4, 0.5) is 11.4 Å². The van der Waals surface area contributed by atoms with E-state index in [0.717, 1.165) is 56.0 Å². The Hall–Kier alpha value is -10.6. The van der Waals surface area contributed by atoms with Crippen molar-refractivity contribution in [2.45, 2.75) is 38.2 Å². The Bertz CT molecular complexity index is 4250. The number of hydrogen-bond donors (Lipinski definition) is 0. The summed E-state index contributed by atoms with van der Waals surface area (Å²) in [7, 11) is 0. The van der Waals surface area contributed by atoms with E-state index < -0.39 is 29.0 Å². The van der Waals surface area contributed by atoms with Gasteiger partial charge in [-0.3, -0.25) is 19.2 Å². The molecule has 396 valence electrons. The Morgan fingerprint density at radius 3 is 1.28 bits per heavy atom. The van der Waals surface area contributed by atoms with Gasteiger partial charge in [0.2, 0.25) is 0 Å². The second-order valence-corrected chi connectivity index (χ2v) is 21.5. The van der Waals surface area contributed by atoms with Crippen LogP contribution in [-0.2, 0) is 17.4 Å². The van der Waals surface area contributed by atoms with Gasteiger partial charge >= 0.3 is 0 Å². The van der Waals surface area contributed by atoms with E-state index in [-0.39, 0.29) is 27.7 Å². The second kappa shape index (κ2) is 19.1. The number of nitrogens with zero attached hydrogens (tertiary/aromatic N) is 2. The first-order valence-corrected chi connectivity index (χ1v) is 27.1. The van der Waals surface area contributed by atoms with Gasteiger partial charge in [-0.15, -0.1) is 0 Å². The van der Waals surface area contributed by atoms with Gasteiger partial charge in [0.05, 0.1) is 39.0 Å². The third-order valence-corrected chi connectivity index (χ3v) is 16.4. The van der Waals surface area contributed by atoms with Gasteiger partial charge in [-0.05, 0) is 161 Å². The average Bonchev–Trinajstić information content (AvgIpc) is 2.13. The minimum atomic E-state index is -1.13. The summed E-state index contributed by atoms with van der Waals surface area (Å²) >= 11 is 0. The predicted octanol–water partition coefficient (Wildman–Crippen LogP) is 16.2. The first kappa shape index (κ1) is 49.7. The maximum Gasteiger partial charge on any atom is 0.266 e. The molecule has 82 heavy (non-hydrogen) atoms. The summed E-state index contributed by atoms with van der Waals surface area (Å²) in [6, 6.07) is 68.7. The Morgan fingerprint density at radius 2 is 0.841 bits per heavy atom. The first-order valence-electron chi connectivity index (χ1n) is 27.1. The van der Waals surface area contributed by atoms with Crippen molar-refractivity contribution in [1.82, 2.24) is 0 Å². The lowest BCUT2D eigenvalue weighted by molar-refractivity contribution is 0.0910. The van der Waals surface area contributed by atoms with Crippen LogP contribution in [-0.4, -0.2) is 23.6 Å². The van der Waals surface area contributed by atoms with Gasteiger partial charge in [-0.1, -0.05) is 141 Å². The van der Waals surface area contributed by atoms with Crippen LogP contribution in [0.25, 0.3) is 17.2 Å². The summed E-state index contributed by atoms with van der Waals surface area (Å²) in [4.78, 5) is 60.9. The molecule has 14 rings (SSSR count). The highest BCUT2D eigenvalue weighted by Crippen LogP contribution is 2.63. The number of hydrogen-bond acceptors (Lipinski definition) is 8. The summed E-state index contributed by atoms with van der Waals surface area (Å²) in [6.45, 7) is 10.6. The Balaban J connectivity index is 0.738. The highest BCUT2D eigenvalue weighted by atomic mass is 16.5. The number of carbonyl (C=O) groups excluding carboxylic acids is 4. The molecule has 4 amide bonds. The maximum atomic E-state index is 14.8. The van der Waals surface area contributed by atoms with Crippen molar-refractivity contribution < 1.29 is 38.1 Å². The van der Waals surface area contributed by atoms with Crippen LogP contribution in [0.15, 0.2) is 225 Å². The largest absolute Gasteiger partial charge is 0.489 e. The topological polar surface area (TPSA) is 112 Å². The third kappa shape index (κ3) is 7.93. The lowest BCUT2D eigenvalue weighted by atomic mass is 9.65. The zero-order valence-corrected chi connectivity index (χ0v) is 44.9. The van der Waals surface area contributed by atoms with Gasteiger partial charge in [0.25, 0.3) is 23.6 Å². The number of anilines is 2. The van der Waals surface area contributed by atoms with E-state index in [1.165, 1.54) is 15.4 Å². The Labute approximate surface area is 473 Å². The van der Waals surface area contributed by atoms with E-state index in [1.807, 2.05) is 104 Å². The molecular formula is C72H50N2O8. The maximum absolute atomic E-state index is 14.8. The fourth-order valence-electron chi connectivity index (χ4n) is 12.0. The Morgan fingerprint density at radius 1 is 0.451 bits per heavy atom. The second-order valence-electron chi connectivity index (χ2n) is 21.5. The molecule has 10 heteroatoms. The van der Waals surface area contributed by atoms with Gasteiger partial charge in [0.15, 0.2) is 0 Å². The standard InChI is InChI=1S/C72H50N2O8/c1-5-44-16-18-45(19-17-44)42-79-50-34-24-48(25-35-50)73-67(75)57-38-63-65(40-59(57)69(73)77)82-66-41-60-58(39-64(66)72(63)61-12-8-6-10-55(61)56-11-7-9-13-62(56)72)68(76)74(70(60)78)49-26-36-54(37-27-49)81-53-32-22-47(23-33-53)71(3,4)46-20-30-52(31-21-46)80-51-28-14-43(2)15-29-51/h5-41H,1,42H2,2-4H3. The molecule has 1 spiro atoms. The van der Waals surface area contributed by atoms with E-state index in [2.05, 4.69) is 69.0 Å². The average molecular weight is 1070 g/mol. The highest BCUT2D eigenvalue weighted by Gasteiger charge is 2.54. The molecule has 0 unspecified atom stereocenters. The van der Waals surface area contributed by atoms with Crippen LogP contribution in [0.3, 0.4) is 0 Å². The SMILES string of the molecule is C=Cc1ccc(COc2ccc(N3C(=O)c4cc5c(cc4C3=O)C3(c4cc6c(cc4O5)C(=O)N(c4ccc(Oc5ccc(C(C)(C)c7ccc(Oc8ccc(C)cc8)cc7)cc5)cc4)C6=O)c4ccccc4-c4ccccc43)cc2)cc1. The molecule has 1 aliphatic carbocycles. The van der Waals surface area contributed by atoms with Gasteiger partial charge in [-0.2, -0.15) is 0 Å². The van der Waals surface area contributed by atoms with Crippen molar-refractivity contribution in [3.8, 4) is 51.4 Å². The van der Waals surface area contributed by atoms with Crippen molar-refractivity contribution in [1.29, 1.82) is 0 Å². The zero-order valence-electron chi connectivity index (χ0n) is 44.9. The van der Waals surface area contributed by atoms with Crippen LogP contribution in [0.5, 0.6) is 40.2 Å². The fraction of sp³-hybridized carbons (Fsp3) is 0.0833. The molecule has 3 aliphatic heterocycles. The van der Waals surface area contributed by atoms with Crippen molar-refractivity contribution in [3.05, 3.63) is 297 Å². The van der Waals surface area contributed by atoms with Crippen LogP contribution < -0.4 is 28.7 Å². The highest BCUT2D eigenvalue weighted by molar-refractivity contribution is 6.35. The number of fused-ring (bicyclic) bond motifs is 11. The lowest BCUT2D eigenvalue weighted by Gasteiger charge is -2.39. The smallest absolute Gasteiger partial charge is 0.266 e. The van der Waals surface area contributed by atoms with Crippen molar-refractivity contribution in [2.75, 3.05) is 9.80 Å². The summed E-state index contributed by atoms with van der Waals surface area (Å²) in [5.74, 6) is 1.99. The number of ether oxygens (including phenoxy) is 4. The molecule has 0 radical (unpaired) electrons. The number of amides is 4. The molecular weight excluding hydrogens is 1020 g/mol. The van der Waals surface area contributed by atoms with Crippen molar-refractivity contribution in [3.63, 3.8) is 0 Å². The summed E-state index contributed by atoms with van der Waals surface area (Å²) in [5.41, 5.74) is 10.5. The predicted molar refractivity (Wildman–Crippen MR) is 316 cm³/mol. The molecule has 10 aromatic carbocycles. The molecule has 0 saturated carbocycles. The molecule has 0 fully saturated rings. The number of rotatable bonds is 12. The molecule has 10 aromatic rings. The van der Waals surface area contributed by atoms with Crippen LogP contribution >= 0.6 is 0 Å². The Kier molecular flexibility index (Phi) is 11.6. The monoisotopic (exact) mass is 1070 g/mol. The van der Waals surface area contributed by atoms with E-state index >= 15 is 0 Å². The molecule has 0 bridgehead atoms. The lowest BCUT2D eigenvalue weighted by Crippen LogP contribution is -2.33. The van der Waals surface area contributed by atoms with Crippen molar-refractivity contribution in [2.24, 2.45) is 0 Å². The van der Waals surface area contributed by atoms with Crippen LogP contribution in [0.1, 0.15) is 105 Å². The van der Waals surface area contributed by atoms with Crippen LogP contribution in [0, 0.1) is 6.92 Å². The number of aryl methyl sites for hydroxylation is 1. The quantitative estimate of drug-likeness (QED) is 0.111. The summed E-state index contributed by atoms with van der Waals surface area (Å²) in [5, 5.41) is 0. The molecule has 4 aliphatic rings. The number of benzene rings is 10. The van der Waals surface area contributed by atoms with Gasteiger partial charge in [0.1, 0.15) is 46.9 Å². The zero-order chi connectivity index (χ0) is 56.0. The molecule has 10 nitrogen and oxygen atoms in total. The van der Waals surface area contributed by atoms with E-state index in [1.54, 1.807) is 78.9 Å². The molecule has 3 heterocycles. The molecule has 0 N–H and O–H groups in total. The van der Waals surface area contributed by atoms with E-state index in [4.69, 9.17) is 18.9 Å². The molecule has 0 atom stereocenters. The van der Waals surface area contributed by atoms with E-state index in [0.29, 0.717) is 57.9 Å². The van der Waals surface area contributed by atoms with Gasteiger partial charge in [-0.25, -0.2) is 9.80 Å². The number of imide groups is 2. The normalized spacial score (nSPS) is 14.1. The summed E-state index contributed by atoms with van der Waals surface area (Å²) in [6.07, 6.45) is 1.78. The third-order valence-electron chi connectivity index (χ3n) is 16.4. The van der Waals surface area contributed by atoms with Crippen LogP contribution in [0.2, 0.25) is 0 Å². The summed E-state index contributed by atoms with van der Waals surface area (Å²) < 4.78 is 25.2. The minimum Gasteiger partial charge on any atom is -0.489 e. The number of carbonyl (C=O) groups is 4. The van der Waals surface area contributed by atoms with Gasteiger partial charge < -0.3 is 18.9 Å². The van der Waals surface area contributed by atoms with Crippen molar-refractivity contribution >= 4 is 41.1 Å². The molecule has 0 aromatic heterocycles.